The molecule has 0 radical (unpaired) electrons. The van der Waals surface area contributed by atoms with Gasteiger partial charge in [0.2, 0.25) is 0 Å². The van der Waals surface area contributed by atoms with E-state index in [-0.39, 0.29) is 17.9 Å². The summed E-state index contributed by atoms with van der Waals surface area (Å²) in [6.07, 6.45) is 6.69. The number of carbonyl (C=O) groups is 2. The standard InChI is InChI=1S/C30H30N2O7/c1-4-14-38-25-11-8-21(17-27(25)35-3)10-13-29(33)39-26-12-9-22(18-28(26)36-5-2)16-23(19-31)30(34)32-20-24-7-6-15-37-24/h6-13,15-18H,4-5,14,20H2,1-3H3,(H,32,34)/b13-10+,23-16+. The number of ether oxygens (including phenoxy) is 4. The van der Waals surface area contributed by atoms with E-state index < -0.39 is 11.9 Å². The van der Waals surface area contributed by atoms with Gasteiger partial charge in [-0.3, -0.25) is 4.79 Å². The fraction of sp³-hybridized carbons (Fsp3) is 0.233. The lowest BCUT2D eigenvalue weighted by molar-refractivity contribution is -0.129. The van der Waals surface area contributed by atoms with E-state index >= 15 is 0 Å². The summed E-state index contributed by atoms with van der Waals surface area (Å²) >= 11 is 0. The first-order valence-corrected chi connectivity index (χ1v) is 12.4. The third-order valence-electron chi connectivity index (χ3n) is 5.22. The number of nitrogens with zero attached hydrogens (tertiary/aromatic N) is 1. The van der Waals surface area contributed by atoms with E-state index in [2.05, 4.69) is 5.32 Å². The third kappa shape index (κ3) is 8.54. The lowest BCUT2D eigenvalue weighted by Gasteiger charge is -2.11. The molecule has 0 spiro atoms. The predicted octanol–water partition coefficient (Wildman–Crippen LogP) is 5.32. The quantitative estimate of drug-likeness (QED) is 0.136. The van der Waals surface area contributed by atoms with Crippen molar-refractivity contribution in [2.24, 2.45) is 0 Å². The number of nitrogens with one attached hydrogen (secondary N) is 1. The minimum absolute atomic E-state index is 0.0989. The number of furan rings is 1. The van der Waals surface area contributed by atoms with Crippen LogP contribution in [0.5, 0.6) is 23.0 Å². The highest BCUT2D eigenvalue weighted by Crippen LogP contribution is 2.31. The Morgan fingerprint density at radius 2 is 1.77 bits per heavy atom. The largest absolute Gasteiger partial charge is 0.493 e. The van der Waals surface area contributed by atoms with Crippen LogP contribution in [-0.2, 0) is 16.1 Å². The molecule has 0 aliphatic heterocycles. The van der Waals surface area contributed by atoms with Crippen LogP contribution in [0, 0.1) is 11.3 Å². The van der Waals surface area contributed by atoms with Gasteiger partial charge in [-0.2, -0.15) is 5.26 Å². The monoisotopic (exact) mass is 530 g/mol. The first kappa shape index (κ1) is 28.6. The molecular formula is C30H30N2O7. The lowest BCUT2D eigenvalue weighted by atomic mass is 10.1. The molecule has 1 amide bonds. The van der Waals surface area contributed by atoms with Gasteiger partial charge in [0.1, 0.15) is 17.4 Å². The number of amides is 1. The van der Waals surface area contributed by atoms with Crippen LogP contribution in [0.3, 0.4) is 0 Å². The first-order valence-electron chi connectivity index (χ1n) is 12.4. The number of methoxy groups -OCH3 is 1. The van der Waals surface area contributed by atoms with Crippen LogP contribution in [0.1, 0.15) is 37.2 Å². The molecule has 1 heterocycles. The number of esters is 1. The molecule has 1 N–H and O–H groups in total. The van der Waals surface area contributed by atoms with Gasteiger partial charge in [-0.1, -0.05) is 19.1 Å². The van der Waals surface area contributed by atoms with Gasteiger partial charge in [0, 0.05) is 6.08 Å². The number of benzene rings is 2. The molecule has 202 valence electrons. The van der Waals surface area contributed by atoms with Crippen LogP contribution < -0.4 is 24.3 Å². The number of rotatable bonds is 13. The molecule has 0 aliphatic rings. The van der Waals surface area contributed by atoms with E-state index in [1.807, 2.05) is 19.1 Å². The maximum absolute atomic E-state index is 12.5. The van der Waals surface area contributed by atoms with Gasteiger partial charge in [-0.05, 0) is 73.0 Å². The minimum Gasteiger partial charge on any atom is -0.493 e. The van der Waals surface area contributed by atoms with Gasteiger partial charge in [0.15, 0.2) is 23.0 Å². The van der Waals surface area contributed by atoms with Crippen LogP contribution in [0.25, 0.3) is 12.2 Å². The maximum atomic E-state index is 12.5. The van der Waals surface area contributed by atoms with Crippen LogP contribution >= 0.6 is 0 Å². The second-order valence-corrected chi connectivity index (χ2v) is 8.08. The van der Waals surface area contributed by atoms with Gasteiger partial charge < -0.3 is 28.7 Å². The Hall–Kier alpha value is -4.97. The van der Waals surface area contributed by atoms with E-state index in [4.69, 9.17) is 23.4 Å². The molecule has 1 aromatic heterocycles. The second kappa shape index (κ2) is 14.7. The number of hydrogen-bond acceptors (Lipinski definition) is 8. The zero-order valence-corrected chi connectivity index (χ0v) is 22.1. The van der Waals surface area contributed by atoms with E-state index in [0.717, 1.165) is 12.0 Å². The number of carbonyl (C=O) groups excluding carboxylic acids is 2. The Kier molecular flexibility index (Phi) is 10.8. The van der Waals surface area contributed by atoms with E-state index in [0.29, 0.717) is 41.8 Å². The minimum atomic E-state index is -0.612. The summed E-state index contributed by atoms with van der Waals surface area (Å²) in [5, 5.41) is 12.1. The van der Waals surface area contributed by atoms with E-state index in [1.165, 1.54) is 18.4 Å². The van der Waals surface area contributed by atoms with Crippen molar-refractivity contribution < 1.29 is 33.0 Å². The van der Waals surface area contributed by atoms with Crippen molar-refractivity contribution in [2.45, 2.75) is 26.8 Å². The lowest BCUT2D eigenvalue weighted by Crippen LogP contribution is -2.23. The van der Waals surface area contributed by atoms with Crippen molar-refractivity contribution in [3.05, 3.63) is 83.3 Å². The van der Waals surface area contributed by atoms with Gasteiger partial charge in [0.25, 0.3) is 5.91 Å². The van der Waals surface area contributed by atoms with Crippen molar-refractivity contribution in [1.29, 1.82) is 5.26 Å². The van der Waals surface area contributed by atoms with Gasteiger partial charge in [-0.15, -0.1) is 0 Å². The summed E-state index contributed by atoms with van der Waals surface area (Å²) in [5.41, 5.74) is 1.15. The summed E-state index contributed by atoms with van der Waals surface area (Å²) in [6, 6.07) is 15.4. The van der Waals surface area contributed by atoms with Gasteiger partial charge in [-0.25, -0.2) is 4.79 Å². The Balaban J connectivity index is 1.70. The number of hydrogen-bond donors (Lipinski definition) is 1. The van der Waals surface area contributed by atoms with Crippen LogP contribution in [0.4, 0.5) is 0 Å². The summed E-state index contributed by atoms with van der Waals surface area (Å²) in [7, 11) is 1.55. The summed E-state index contributed by atoms with van der Waals surface area (Å²) < 4.78 is 27.3. The number of nitriles is 1. The van der Waals surface area contributed by atoms with Crippen LogP contribution in [0.15, 0.2) is 70.9 Å². The predicted molar refractivity (Wildman–Crippen MR) is 145 cm³/mol. The van der Waals surface area contributed by atoms with Gasteiger partial charge >= 0.3 is 5.97 Å². The molecule has 0 unspecified atom stereocenters. The summed E-state index contributed by atoms with van der Waals surface area (Å²) in [5.74, 6) is 1.09. The Morgan fingerprint density at radius 3 is 2.46 bits per heavy atom. The average Bonchev–Trinajstić information content (AvgIpc) is 3.47. The topological polar surface area (TPSA) is 120 Å². The Labute approximate surface area is 227 Å². The molecule has 0 atom stereocenters. The molecule has 9 heteroatoms. The van der Waals surface area contributed by atoms with Crippen molar-refractivity contribution in [1.82, 2.24) is 5.32 Å². The van der Waals surface area contributed by atoms with Crippen LogP contribution in [-0.4, -0.2) is 32.2 Å². The Morgan fingerprint density at radius 1 is 1.00 bits per heavy atom. The molecule has 39 heavy (non-hydrogen) atoms. The average molecular weight is 531 g/mol. The second-order valence-electron chi connectivity index (χ2n) is 8.08. The molecule has 2 aromatic carbocycles. The fourth-order valence-corrected chi connectivity index (χ4v) is 3.38. The molecular weight excluding hydrogens is 500 g/mol. The highest BCUT2D eigenvalue weighted by Gasteiger charge is 2.13. The van der Waals surface area contributed by atoms with Crippen molar-refractivity contribution in [2.75, 3.05) is 20.3 Å². The molecule has 3 aromatic rings. The molecule has 0 aliphatic carbocycles. The Bertz CT molecular complexity index is 1370. The van der Waals surface area contributed by atoms with E-state index in [9.17, 15) is 14.9 Å². The summed E-state index contributed by atoms with van der Waals surface area (Å²) in [6.45, 7) is 4.85. The zero-order valence-electron chi connectivity index (χ0n) is 22.1. The fourth-order valence-electron chi connectivity index (χ4n) is 3.38. The van der Waals surface area contributed by atoms with Gasteiger partial charge in [0.05, 0.1) is 33.1 Å². The van der Waals surface area contributed by atoms with E-state index in [1.54, 1.807) is 62.6 Å². The smallest absolute Gasteiger partial charge is 0.336 e. The molecule has 0 saturated heterocycles. The molecule has 0 bridgehead atoms. The van der Waals surface area contributed by atoms with Crippen molar-refractivity contribution in [3.8, 4) is 29.1 Å². The maximum Gasteiger partial charge on any atom is 0.336 e. The molecule has 9 nitrogen and oxygen atoms in total. The van der Waals surface area contributed by atoms with Crippen molar-refractivity contribution >= 4 is 24.0 Å². The normalized spacial score (nSPS) is 11.1. The first-order chi connectivity index (χ1) is 19.0. The third-order valence-corrected chi connectivity index (χ3v) is 5.22. The summed E-state index contributed by atoms with van der Waals surface area (Å²) in [4.78, 5) is 25.0. The molecule has 3 rings (SSSR count). The SMILES string of the molecule is CCCOc1ccc(/C=C/C(=O)Oc2ccc(/C=C(\C#N)C(=O)NCc3ccco3)cc2OCC)cc1OC. The van der Waals surface area contributed by atoms with Crippen LogP contribution in [0.2, 0.25) is 0 Å². The zero-order chi connectivity index (χ0) is 28.0. The molecule has 0 fully saturated rings. The van der Waals surface area contributed by atoms with Crippen molar-refractivity contribution in [3.63, 3.8) is 0 Å². The highest BCUT2D eigenvalue weighted by molar-refractivity contribution is 6.01. The molecule has 0 saturated carbocycles. The highest BCUT2D eigenvalue weighted by atomic mass is 16.6.